The molecule has 0 spiro atoms. The van der Waals surface area contributed by atoms with E-state index in [0.717, 1.165) is 11.6 Å². The molecule has 5 rings (SSSR count). The molecule has 0 bridgehead atoms. The second kappa shape index (κ2) is 11.5. The van der Waals surface area contributed by atoms with Crippen LogP contribution in [-0.4, -0.2) is 26.5 Å². The number of ether oxygens (including phenoxy) is 2. The van der Waals surface area contributed by atoms with Gasteiger partial charge in [0.2, 0.25) is 0 Å². The highest BCUT2D eigenvalue weighted by molar-refractivity contribution is 7.10. The Morgan fingerprint density at radius 2 is 1.87 bits per heavy atom. The molecule has 10 heteroatoms. The fraction of sp³-hybridized carbons (Fsp3) is 0.172. The van der Waals surface area contributed by atoms with E-state index in [4.69, 9.17) is 19.7 Å². The van der Waals surface area contributed by atoms with Crippen molar-refractivity contribution in [2.75, 3.05) is 6.79 Å². The molecule has 0 saturated carbocycles. The molecule has 196 valence electrons. The van der Waals surface area contributed by atoms with Crippen molar-refractivity contribution in [3.63, 3.8) is 0 Å². The van der Waals surface area contributed by atoms with Crippen molar-refractivity contribution in [2.24, 2.45) is 0 Å². The van der Waals surface area contributed by atoms with Gasteiger partial charge in [-0.3, -0.25) is 0 Å². The average Bonchev–Trinajstić information content (AvgIpc) is 3.66. The maximum atomic E-state index is 15.5. The van der Waals surface area contributed by atoms with Crippen LogP contribution in [0.2, 0.25) is 0 Å². The van der Waals surface area contributed by atoms with Crippen molar-refractivity contribution < 1.29 is 18.3 Å². The molecule has 3 aromatic carbocycles. The van der Waals surface area contributed by atoms with Crippen LogP contribution in [-0.2, 0) is 16.9 Å². The molecule has 0 radical (unpaired) electrons. The summed E-state index contributed by atoms with van der Waals surface area (Å²) < 4.78 is 43.3. The zero-order valence-corrected chi connectivity index (χ0v) is 21.7. The van der Waals surface area contributed by atoms with Gasteiger partial charge >= 0.3 is 0 Å². The molecular weight excluding hydrogens is 520 g/mol. The van der Waals surface area contributed by atoms with Gasteiger partial charge in [0, 0.05) is 28.5 Å². The van der Waals surface area contributed by atoms with Crippen molar-refractivity contribution in [3.05, 3.63) is 119 Å². The zero-order chi connectivity index (χ0) is 27.2. The van der Waals surface area contributed by atoms with Crippen LogP contribution in [0, 0.1) is 23.0 Å². The number of aromatic nitrogens is 4. The lowest BCUT2D eigenvalue weighted by Crippen LogP contribution is -2.42. The monoisotopic (exact) mass is 543 g/mol. The molecule has 0 amide bonds. The maximum Gasteiger partial charge on any atom is 0.190 e. The van der Waals surface area contributed by atoms with Gasteiger partial charge in [-0.1, -0.05) is 43.3 Å². The van der Waals surface area contributed by atoms with Crippen LogP contribution in [0.15, 0.2) is 90.8 Å². The number of benzene rings is 3. The third-order valence-electron chi connectivity index (χ3n) is 6.44. The number of rotatable bonds is 10. The summed E-state index contributed by atoms with van der Waals surface area (Å²) in [7, 11) is 0. The zero-order valence-electron chi connectivity index (χ0n) is 20.9. The molecule has 0 saturated heterocycles. The number of hydrogen-bond acceptors (Lipinski definition) is 7. The van der Waals surface area contributed by atoms with Gasteiger partial charge < -0.3 is 9.47 Å². The van der Waals surface area contributed by atoms with Gasteiger partial charge in [0.25, 0.3) is 0 Å². The molecule has 0 aliphatic heterocycles. The van der Waals surface area contributed by atoms with Crippen LogP contribution in [0.5, 0.6) is 5.75 Å². The SMILES string of the molecule is C[C@@H](c1nc(-c2ccc(C#N)cc2)cs1)[C@@](Cn1cncn1)(OCOc1ccccc1)c1ccc(F)cc1F. The van der Waals surface area contributed by atoms with Crippen molar-refractivity contribution in [3.8, 4) is 23.1 Å². The largest absolute Gasteiger partial charge is 0.468 e. The predicted octanol–water partition coefficient (Wildman–Crippen LogP) is 6.30. The predicted molar refractivity (Wildman–Crippen MR) is 142 cm³/mol. The fourth-order valence-corrected chi connectivity index (χ4v) is 5.31. The highest BCUT2D eigenvalue weighted by atomic mass is 32.1. The van der Waals surface area contributed by atoms with E-state index in [1.54, 1.807) is 24.3 Å². The van der Waals surface area contributed by atoms with Crippen molar-refractivity contribution in [1.29, 1.82) is 5.26 Å². The van der Waals surface area contributed by atoms with Crippen LogP contribution >= 0.6 is 11.3 Å². The summed E-state index contributed by atoms with van der Waals surface area (Å²) in [6.45, 7) is 1.72. The minimum atomic E-state index is -1.40. The molecule has 0 fully saturated rings. The van der Waals surface area contributed by atoms with E-state index < -0.39 is 23.2 Å². The molecule has 7 nitrogen and oxygen atoms in total. The lowest BCUT2D eigenvalue weighted by molar-refractivity contribution is -0.135. The van der Waals surface area contributed by atoms with E-state index in [2.05, 4.69) is 16.2 Å². The molecule has 5 aromatic rings. The maximum absolute atomic E-state index is 15.5. The summed E-state index contributed by atoms with van der Waals surface area (Å²) in [5, 5.41) is 15.9. The van der Waals surface area contributed by atoms with Crippen molar-refractivity contribution in [1.82, 2.24) is 19.7 Å². The van der Waals surface area contributed by atoms with Crippen molar-refractivity contribution >= 4 is 11.3 Å². The first-order chi connectivity index (χ1) is 19.0. The van der Waals surface area contributed by atoms with Crippen LogP contribution in [0.4, 0.5) is 8.78 Å². The quantitative estimate of drug-likeness (QED) is 0.192. The van der Waals surface area contributed by atoms with E-state index in [-0.39, 0.29) is 18.9 Å². The number of thiazole rings is 1. The lowest BCUT2D eigenvalue weighted by Gasteiger charge is -2.38. The van der Waals surface area contributed by atoms with Gasteiger partial charge in [0.1, 0.15) is 35.6 Å². The minimum Gasteiger partial charge on any atom is -0.468 e. The summed E-state index contributed by atoms with van der Waals surface area (Å²) >= 11 is 1.40. The molecule has 0 N–H and O–H groups in total. The minimum absolute atomic E-state index is 0.0562. The summed E-state index contributed by atoms with van der Waals surface area (Å²) in [5.74, 6) is -1.41. The second-order valence-electron chi connectivity index (χ2n) is 8.81. The van der Waals surface area contributed by atoms with Gasteiger partial charge in [0.15, 0.2) is 6.79 Å². The van der Waals surface area contributed by atoms with Gasteiger partial charge in [-0.15, -0.1) is 11.3 Å². The Balaban J connectivity index is 1.56. The summed E-state index contributed by atoms with van der Waals surface area (Å²) in [6, 6.07) is 21.7. The number of nitrogens with zero attached hydrogens (tertiary/aromatic N) is 5. The van der Waals surface area contributed by atoms with Crippen LogP contribution in [0.25, 0.3) is 11.3 Å². The first-order valence-electron chi connectivity index (χ1n) is 12.0. The fourth-order valence-electron chi connectivity index (χ4n) is 4.34. The Morgan fingerprint density at radius 3 is 2.56 bits per heavy atom. The highest BCUT2D eigenvalue weighted by Crippen LogP contribution is 2.44. The second-order valence-corrected chi connectivity index (χ2v) is 9.70. The Labute approximate surface area is 227 Å². The number of hydrogen-bond donors (Lipinski definition) is 0. The van der Waals surface area contributed by atoms with Gasteiger partial charge in [-0.2, -0.15) is 10.4 Å². The summed E-state index contributed by atoms with van der Waals surface area (Å²) in [5.41, 5.74) is 0.833. The molecule has 0 unspecified atom stereocenters. The number of halogens is 2. The van der Waals surface area contributed by atoms with Crippen LogP contribution in [0.3, 0.4) is 0 Å². The Kier molecular flexibility index (Phi) is 7.72. The van der Waals surface area contributed by atoms with Crippen LogP contribution in [0.1, 0.15) is 29.0 Å². The van der Waals surface area contributed by atoms with E-state index in [1.807, 2.05) is 42.6 Å². The van der Waals surface area contributed by atoms with Crippen molar-refractivity contribution in [2.45, 2.75) is 25.0 Å². The van der Waals surface area contributed by atoms with Gasteiger partial charge in [0.05, 0.1) is 28.9 Å². The van der Waals surface area contributed by atoms with E-state index in [0.29, 0.717) is 22.0 Å². The molecule has 2 heterocycles. The van der Waals surface area contributed by atoms with Gasteiger partial charge in [-0.05, 0) is 30.3 Å². The summed E-state index contributed by atoms with van der Waals surface area (Å²) in [6.07, 6.45) is 2.89. The Morgan fingerprint density at radius 1 is 1.08 bits per heavy atom. The summed E-state index contributed by atoms with van der Waals surface area (Å²) in [4.78, 5) is 8.87. The molecule has 0 aliphatic carbocycles. The van der Waals surface area contributed by atoms with E-state index in [9.17, 15) is 4.39 Å². The Bertz CT molecular complexity index is 1570. The number of nitriles is 1. The standard InChI is InChI=1S/C29H23F2N5O2S/c1-20(28-35-27(15-39-28)22-9-7-21(14-32)8-10-22)29(16-36-18-33-17-34-36,25-12-11-23(30)13-26(25)31)38-19-37-24-5-3-2-4-6-24/h2-13,15,17-18,20H,16,19H2,1H3/t20-,29+/m0/s1. The molecule has 2 aromatic heterocycles. The first kappa shape index (κ1) is 26.2. The number of para-hydroxylation sites is 1. The Hall–Kier alpha value is -4.46. The molecule has 39 heavy (non-hydrogen) atoms. The smallest absolute Gasteiger partial charge is 0.190 e. The topological polar surface area (TPSA) is 85.9 Å². The third kappa shape index (κ3) is 5.70. The van der Waals surface area contributed by atoms with Crippen LogP contribution < -0.4 is 4.74 Å². The average molecular weight is 544 g/mol. The highest BCUT2D eigenvalue weighted by Gasteiger charge is 2.45. The normalized spacial score (nSPS) is 13.4. The first-order valence-corrected chi connectivity index (χ1v) is 12.9. The molecule has 0 aliphatic rings. The van der Waals surface area contributed by atoms with E-state index in [1.165, 1.54) is 40.8 Å². The van der Waals surface area contributed by atoms with E-state index >= 15 is 4.39 Å². The molecular formula is C29H23F2N5O2S. The third-order valence-corrected chi connectivity index (χ3v) is 7.46. The van der Waals surface area contributed by atoms with Gasteiger partial charge in [-0.25, -0.2) is 23.4 Å². The molecule has 2 atom stereocenters. The lowest BCUT2D eigenvalue weighted by atomic mass is 9.81.